The van der Waals surface area contributed by atoms with Crippen LogP contribution in [0.2, 0.25) is 0 Å². The van der Waals surface area contributed by atoms with Gasteiger partial charge in [0.05, 0.1) is 12.5 Å². The lowest BCUT2D eigenvalue weighted by Gasteiger charge is -2.24. The van der Waals surface area contributed by atoms with Crippen LogP contribution >= 0.6 is 11.3 Å². The first-order valence-electron chi connectivity index (χ1n) is 6.68. The van der Waals surface area contributed by atoms with Gasteiger partial charge in [0.2, 0.25) is 0 Å². The van der Waals surface area contributed by atoms with E-state index >= 15 is 0 Å². The summed E-state index contributed by atoms with van der Waals surface area (Å²) in [5, 5.41) is 11.3. The summed E-state index contributed by atoms with van der Waals surface area (Å²) in [6, 6.07) is 1.75. The van der Waals surface area contributed by atoms with Crippen molar-refractivity contribution in [3.8, 4) is 5.75 Å². The molecular formula is C14H19NO4S. The fourth-order valence-corrected chi connectivity index (χ4v) is 3.59. The van der Waals surface area contributed by atoms with Crippen molar-refractivity contribution in [2.45, 2.75) is 26.2 Å². The van der Waals surface area contributed by atoms with E-state index in [1.165, 1.54) is 18.4 Å². The molecule has 0 bridgehead atoms. The first-order valence-corrected chi connectivity index (χ1v) is 7.56. The van der Waals surface area contributed by atoms with Crippen molar-refractivity contribution >= 4 is 23.2 Å². The van der Waals surface area contributed by atoms with Gasteiger partial charge in [-0.05, 0) is 24.3 Å². The van der Waals surface area contributed by atoms with Gasteiger partial charge < -0.3 is 14.7 Å². The molecule has 1 aliphatic rings. The van der Waals surface area contributed by atoms with E-state index in [4.69, 9.17) is 4.74 Å². The van der Waals surface area contributed by atoms with Gasteiger partial charge in [0.1, 0.15) is 10.6 Å². The molecule has 1 fully saturated rings. The first-order chi connectivity index (χ1) is 9.54. The number of likely N-dealkylation sites (tertiary alicyclic amines) is 1. The van der Waals surface area contributed by atoms with E-state index in [9.17, 15) is 14.7 Å². The highest BCUT2D eigenvalue weighted by Crippen LogP contribution is 2.37. The van der Waals surface area contributed by atoms with E-state index in [1.807, 2.05) is 6.92 Å². The fourth-order valence-electron chi connectivity index (χ4n) is 2.77. The standard InChI is InChI=1S/C14H19NO4S/c1-3-5-14(13(17)18)6-7-15(9-14)12(16)11-10(19-2)4-8-20-11/h4,8H,3,5-7,9H2,1-2H3,(H,17,18). The molecule has 20 heavy (non-hydrogen) atoms. The number of nitrogens with zero attached hydrogens (tertiary/aromatic N) is 1. The molecule has 1 aromatic rings. The number of carboxylic acids is 1. The largest absolute Gasteiger partial charge is 0.495 e. The second kappa shape index (κ2) is 5.83. The minimum atomic E-state index is -0.798. The maximum Gasteiger partial charge on any atom is 0.311 e. The third-order valence-electron chi connectivity index (χ3n) is 3.87. The third kappa shape index (κ3) is 2.52. The van der Waals surface area contributed by atoms with Crippen LogP contribution in [0.15, 0.2) is 11.4 Å². The van der Waals surface area contributed by atoms with E-state index in [1.54, 1.807) is 16.3 Å². The molecule has 5 nitrogen and oxygen atoms in total. The van der Waals surface area contributed by atoms with Gasteiger partial charge in [0.25, 0.3) is 5.91 Å². The number of aliphatic carboxylic acids is 1. The molecular weight excluding hydrogens is 278 g/mol. The van der Waals surface area contributed by atoms with Crippen molar-refractivity contribution in [3.63, 3.8) is 0 Å². The van der Waals surface area contributed by atoms with Gasteiger partial charge >= 0.3 is 5.97 Å². The van der Waals surface area contributed by atoms with E-state index in [0.29, 0.717) is 30.0 Å². The Morgan fingerprint density at radius 3 is 2.90 bits per heavy atom. The number of carbonyl (C=O) groups excluding carboxylic acids is 1. The smallest absolute Gasteiger partial charge is 0.311 e. The summed E-state index contributed by atoms with van der Waals surface area (Å²) in [4.78, 5) is 26.2. The molecule has 0 saturated carbocycles. The molecule has 1 aliphatic heterocycles. The number of carboxylic acid groups (broad SMARTS) is 1. The summed E-state index contributed by atoms with van der Waals surface area (Å²) >= 11 is 1.33. The van der Waals surface area contributed by atoms with Crippen LogP contribution in [-0.4, -0.2) is 42.1 Å². The van der Waals surface area contributed by atoms with Gasteiger partial charge in [-0.25, -0.2) is 0 Å². The minimum absolute atomic E-state index is 0.129. The summed E-state index contributed by atoms with van der Waals surface area (Å²) in [5.74, 6) is -0.368. The number of thiophene rings is 1. The number of methoxy groups -OCH3 is 1. The van der Waals surface area contributed by atoms with Gasteiger partial charge in [-0.1, -0.05) is 13.3 Å². The van der Waals surface area contributed by atoms with Gasteiger partial charge in [-0.3, -0.25) is 9.59 Å². The molecule has 0 spiro atoms. The minimum Gasteiger partial charge on any atom is -0.495 e. The zero-order valence-corrected chi connectivity index (χ0v) is 12.5. The van der Waals surface area contributed by atoms with E-state index in [0.717, 1.165) is 6.42 Å². The molecule has 0 aliphatic carbocycles. The third-order valence-corrected chi connectivity index (χ3v) is 4.75. The Hall–Kier alpha value is -1.56. The van der Waals surface area contributed by atoms with Crippen LogP contribution in [0.1, 0.15) is 35.9 Å². The lowest BCUT2D eigenvalue weighted by atomic mass is 9.83. The number of ether oxygens (including phenoxy) is 1. The average molecular weight is 297 g/mol. The van der Waals surface area contributed by atoms with Gasteiger partial charge in [0, 0.05) is 13.1 Å². The fraction of sp³-hybridized carbons (Fsp3) is 0.571. The van der Waals surface area contributed by atoms with Crippen molar-refractivity contribution in [1.29, 1.82) is 0 Å². The van der Waals surface area contributed by atoms with Crippen LogP contribution in [0.5, 0.6) is 5.75 Å². The zero-order valence-electron chi connectivity index (χ0n) is 11.7. The van der Waals surface area contributed by atoms with Crippen molar-refractivity contribution in [2.24, 2.45) is 5.41 Å². The molecule has 6 heteroatoms. The Morgan fingerprint density at radius 1 is 1.55 bits per heavy atom. The van der Waals surface area contributed by atoms with Gasteiger partial charge in [0.15, 0.2) is 0 Å². The highest BCUT2D eigenvalue weighted by Gasteiger charge is 2.45. The number of hydrogen-bond donors (Lipinski definition) is 1. The predicted molar refractivity (Wildman–Crippen MR) is 76.4 cm³/mol. The van der Waals surface area contributed by atoms with E-state index in [2.05, 4.69) is 0 Å². The average Bonchev–Trinajstić information content (AvgIpc) is 3.05. The summed E-state index contributed by atoms with van der Waals surface area (Å²) < 4.78 is 5.16. The SMILES string of the molecule is CCCC1(C(=O)O)CCN(C(=O)c2sccc2OC)C1. The topological polar surface area (TPSA) is 66.8 Å². The van der Waals surface area contributed by atoms with Crippen molar-refractivity contribution in [3.05, 3.63) is 16.3 Å². The quantitative estimate of drug-likeness (QED) is 0.906. The molecule has 1 atom stereocenters. The van der Waals surface area contributed by atoms with Crippen LogP contribution in [0.25, 0.3) is 0 Å². The van der Waals surface area contributed by atoms with Crippen LogP contribution in [-0.2, 0) is 4.79 Å². The summed E-state index contributed by atoms with van der Waals surface area (Å²) in [5.41, 5.74) is -0.783. The first kappa shape index (κ1) is 14.8. The Balaban J connectivity index is 2.16. The van der Waals surface area contributed by atoms with Gasteiger partial charge in [-0.2, -0.15) is 0 Å². The van der Waals surface area contributed by atoms with Gasteiger partial charge in [-0.15, -0.1) is 11.3 Å². The zero-order chi connectivity index (χ0) is 14.8. The number of amides is 1. The number of hydrogen-bond acceptors (Lipinski definition) is 4. The summed E-state index contributed by atoms with van der Waals surface area (Å²) in [6.07, 6.45) is 1.93. The predicted octanol–water partition coefficient (Wildman–Crippen LogP) is 2.47. The van der Waals surface area contributed by atoms with Crippen LogP contribution < -0.4 is 4.74 Å². The van der Waals surface area contributed by atoms with E-state index in [-0.39, 0.29) is 12.5 Å². The van der Waals surface area contributed by atoms with Crippen molar-refractivity contribution < 1.29 is 19.4 Å². The molecule has 1 unspecified atom stereocenters. The lowest BCUT2D eigenvalue weighted by Crippen LogP contribution is -2.36. The van der Waals surface area contributed by atoms with Crippen molar-refractivity contribution in [1.82, 2.24) is 4.90 Å². The van der Waals surface area contributed by atoms with E-state index < -0.39 is 11.4 Å². The maximum atomic E-state index is 12.5. The number of carbonyl (C=O) groups is 2. The number of rotatable bonds is 5. The molecule has 0 radical (unpaired) electrons. The lowest BCUT2D eigenvalue weighted by molar-refractivity contribution is -0.148. The second-order valence-electron chi connectivity index (χ2n) is 5.13. The Morgan fingerprint density at radius 2 is 2.30 bits per heavy atom. The highest BCUT2D eigenvalue weighted by molar-refractivity contribution is 7.12. The molecule has 110 valence electrons. The molecule has 1 N–H and O–H groups in total. The molecule has 0 aromatic carbocycles. The highest BCUT2D eigenvalue weighted by atomic mass is 32.1. The Labute approximate surface area is 122 Å². The molecule has 2 heterocycles. The van der Waals surface area contributed by atoms with Crippen LogP contribution in [0.3, 0.4) is 0 Å². The summed E-state index contributed by atoms with van der Waals surface area (Å²) in [7, 11) is 1.53. The molecule has 2 rings (SSSR count). The molecule has 1 aromatic heterocycles. The van der Waals surface area contributed by atoms with Crippen LogP contribution in [0, 0.1) is 5.41 Å². The Kier molecular flexibility index (Phi) is 4.32. The van der Waals surface area contributed by atoms with Crippen LogP contribution in [0.4, 0.5) is 0 Å². The monoisotopic (exact) mass is 297 g/mol. The second-order valence-corrected chi connectivity index (χ2v) is 6.05. The normalized spacial score (nSPS) is 22.0. The molecule has 1 amide bonds. The maximum absolute atomic E-state index is 12.5. The summed E-state index contributed by atoms with van der Waals surface area (Å²) in [6.45, 7) is 2.75. The molecule has 1 saturated heterocycles. The Bertz CT molecular complexity index is 513. The van der Waals surface area contributed by atoms with Crippen molar-refractivity contribution in [2.75, 3.05) is 20.2 Å².